The van der Waals surface area contributed by atoms with Crippen LogP contribution in [0.2, 0.25) is 5.02 Å². The molecule has 0 heterocycles. The molecule has 4 nitrogen and oxygen atoms in total. The normalized spacial score (nSPS) is 12.5. The van der Waals surface area contributed by atoms with Gasteiger partial charge in [0.05, 0.1) is 18.2 Å². The highest BCUT2D eigenvalue weighted by molar-refractivity contribution is 6.30. The maximum absolute atomic E-state index is 12.0. The monoisotopic (exact) mass is 271 g/mol. The van der Waals surface area contributed by atoms with Gasteiger partial charge < -0.3 is 15.2 Å². The van der Waals surface area contributed by atoms with Crippen molar-refractivity contribution < 1.29 is 14.6 Å². The van der Waals surface area contributed by atoms with E-state index in [4.69, 9.17) is 16.3 Å². The Morgan fingerprint density at radius 1 is 1.50 bits per heavy atom. The smallest absolute Gasteiger partial charge is 0.255 e. The van der Waals surface area contributed by atoms with E-state index in [1.54, 1.807) is 13.2 Å². The minimum absolute atomic E-state index is 0.0995. The van der Waals surface area contributed by atoms with Gasteiger partial charge >= 0.3 is 0 Å². The summed E-state index contributed by atoms with van der Waals surface area (Å²) in [6, 6.07) is 4.31. The molecular formula is C13H18ClNO3. The van der Waals surface area contributed by atoms with Crippen LogP contribution in [0.15, 0.2) is 18.2 Å². The van der Waals surface area contributed by atoms with Crippen molar-refractivity contribution in [2.75, 3.05) is 13.7 Å². The van der Waals surface area contributed by atoms with Gasteiger partial charge in [-0.2, -0.15) is 0 Å². The molecule has 1 atom stereocenters. The van der Waals surface area contributed by atoms with Crippen molar-refractivity contribution in [3.05, 3.63) is 28.8 Å². The molecule has 0 saturated heterocycles. The summed E-state index contributed by atoms with van der Waals surface area (Å²) in [6.45, 7) is 4.41. The third kappa shape index (κ3) is 3.89. The molecule has 0 aliphatic carbocycles. The van der Waals surface area contributed by atoms with Crippen LogP contribution >= 0.6 is 11.6 Å². The molecule has 0 bridgehead atoms. The highest BCUT2D eigenvalue weighted by Gasteiger charge is 2.19. The van der Waals surface area contributed by atoms with E-state index < -0.39 is 0 Å². The fourth-order valence-corrected chi connectivity index (χ4v) is 1.69. The Hall–Kier alpha value is -1.26. The van der Waals surface area contributed by atoms with E-state index in [9.17, 15) is 9.90 Å². The highest BCUT2D eigenvalue weighted by Crippen LogP contribution is 2.22. The van der Waals surface area contributed by atoms with Crippen molar-refractivity contribution in [2.45, 2.75) is 19.9 Å². The van der Waals surface area contributed by atoms with E-state index in [0.29, 0.717) is 11.6 Å². The van der Waals surface area contributed by atoms with Crippen LogP contribution in [0.3, 0.4) is 0 Å². The van der Waals surface area contributed by atoms with Gasteiger partial charge in [0.15, 0.2) is 0 Å². The summed E-state index contributed by atoms with van der Waals surface area (Å²) in [5, 5.41) is 12.9. The van der Waals surface area contributed by atoms with Gasteiger partial charge in [0.25, 0.3) is 5.91 Å². The first-order chi connectivity index (χ1) is 8.45. The maximum Gasteiger partial charge on any atom is 0.255 e. The number of carbonyl (C=O) groups excluding carboxylic acids is 1. The molecule has 0 aliphatic rings. The molecule has 2 N–H and O–H groups in total. The number of carbonyl (C=O) groups is 1. The van der Waals surface area contributed by atoms with Crippen molar-refractivity contribution in [3.63, 3.8) is 0 Å². The number of phenols is 1. The number of rotatable bonds is 5. The molecule has 100 valence electrons. The largest absolute Gasteiger partial charge is 0.507 e. The molecule has 1 amide bonds. The fraction of sp³-hybridized carbons (Fsp3) is 0.462. The molecule has 0 aliphatic heterocycles. The Bertz CT molecular complexity index is 421. The Balaban J connectivity index is 2.80. The first kappa shape index (κ1) is 14.8. The molecule has 5 heteroatoms. The van der Waals surface area contributed by atoms with E-state index in [-0.39, 0.29) is 29.2 Å². The van der Waals surface area contributed by atoms with E-state index in [0.717, 1.165) is 0 Å². The van der Waals surface area contributed by atoms with Gasteiger partial charge in [-0.25, -0.2) is 0 Å². The molecule has 0 radical (unpaired) electrons. The summed E-state index contributed by atoms with van der Waals surface area (Å²) in [5.41, 5.74) is 0.209. The predicted molar refractivity (Wildman–Crippen MR) is 71.1 cm³/mol. The zero-order valence-electron chi connectivity index (χ0n) is 10.7. The predicted octanol–water partition coefficient (Wildman–Crippen LogP) is 2.45. The van der Waals surface area contributed by atoms with Gasteiger partial charge in [-0.15, -0.1) is 0 Å². The van der Waals surface area contributed by atoms with E-state index in [1.807, 2.05) is 13.8 Å². The average molecular weight is 272 g/mol. The summed E-state index contributed by atoms with van der Waals surface area (Å²) in [7, 11) is 1.58. The number of nitrogens with one attached hydrogen (secondary N) is 1. The second-order valence-corrected chi connectivity index (χ2v) is 4.88. The van der Waals surface area contributed by atoms with Crippen LogP contribution in [-0.2, 0) is 4.74 Å². The summed E-state index contributed by atoms with van der Waals surface area (Å²) in [5.74, 6) is -0.219. The minimum Gasteiger partial charge on any atom is -0.507 e. The molecule has 0 fully saturated rings. The molecule has 0 saturated carbocycles. The molecule has 0 spiro atoms. The lowest BCUT2D eigenvalue weighted by atomic mass is 10.0. The van der Waals surface area contributed by atoms with Gasteiger partial charge in [0.2, 0.25) is 0 Å². The maximum atomic E-state index is 12.0. The van der Waals surface area contributed by atoms with Gasteiger partial charge in [-0.3, -0.25) is 4.79 Å². The standard InChI is InChI=1S/C13H18ClNO3/c1-8(2)11(7-18-3)15-13(17)10-5-4-9(14)6-12(10)16/h4-6,8,11,16H,7H2,1-3H3,(H,15,17). The van der Waals surface area contributed by atoms with E-state index in [1.165, 1.54) is 12.1 Å². The Morgan fingerprint density at radius 2 is 2.17 bits per heavy atom. The highest BCUT2D eigenvalue weighted by atomic mass is 35.5. The van der Waals surface area contributed by atoms with Crippen molar-refractivity contribution >= 4 is 17.5 Å². The second-order valence-electron chi connectivity index (χ2n) is 4.44. The van der Waals surface area contributed by atoms with Crippen LogP contribution in [0, 0.1) is 5.92 Å². The molecule has 1 rings (SSSR count). The van der Waals surface area contributed by atoms with Crippen LogP contribution in [0.5, 0.6) is 5.75 Å². The summed E-state index contributed by atoms with van der Waals surface area (Å²) in [6.07, 6.45) is 0. The number of aromatic hydroxyl groups is 1. The Morgan fingerprint density at radius 3 is 2.67 bits per heavy atom. The number of hydrogen-bond donors (Lipinski definition) is 2. The van der Waals surface area contributed by atoms with Crippen LogP contribution in [0.1, 0.15) is 24.2 Å². The van der Waals surface area contributed by atoms with E-state index >= 15 is 0 Å². The molecule has 1 aromatic carbocycles. The fourth-order valence-electron chi connectivity index (χ4n) is 1.52. The number of phenolic OH excluding ortho intramolecular Hbond substituents is 1. The number of benzene rings is 1. The topological polar surface area (TPSA) is 58.6 Å². The Kier molecular flexibility index (Phi) is 5.44. The second kappa shape index (κ2) is 6.61. The molecular weight excluding hydrogens is 254 g/mol. The molecule has 1 unspecified atom stereocenters. The number of halogens is 1. The SMILES string of the molecule is COCC(NC(=O)c1ccc(Cl)cc1O)C(C)C. The summed E-state index contributed by atoms with van der Waals surface area (Å²) < 4.78 is 5.05. The van der Waals surface area contributed by atoms with Gasteiger partial charge in [-0.1, -0.05) is 25.4 Å². The van der Waals surface area contributed by atoms with Crippen molar-refractivity contribution in [1.82, 2.24) is 5.32 Å². The minimum atomic E-state index is -0.333. The molecule has 0 aromatic heterocycles. The quantitative estimate of drug-likeness (QED) is 0.865. The van der Waals surface area contributed by atoms with Gasteiger partial charge in [0.1, 0.15) is 5.75 Å². The molecule has 18 heavy (non-hydrogen) atoms. The number of hydrogen-bond acceptors (Lipinski definition) is 3. The van der Waals surface area contributed by atoms with Crippen molar-refractivity contribution in [3.8, 4) is 5.75 Å². The van der Waals surface area contributed by atoms with Crippen molar-refractivity contribution in [2.24, 2.45) is 5.92 Å². The molecule has 1 aromatic rings. The summed E-state index contributed by atoms with van der Waals surface area (Å²) >= 11 is 5.72. The van der Waals surface area contributed by atoms with Gasteiger partial charge in [-0.05, 0) is 24.1 Å². The number of methoxy groups -OCH3 is 1. The number of ether oxygens (including phenoxy) is 1. The van der Waals surface area contributed by atoms with Gasteiger partial charge in [0, 0.05) is 12.1 Å². The Labute approximate surface area is 112 Å². The third-order valence-electron chi connectivity index (χ3n) is 2.67. The van der Waals surface area contributed by atoms with Crippen LogP contribution in [-0.4, -0.2) is 30.8 Å². The lowest BCUT2D eigenvalue weighted by Gasteiger charge is -2.21. The lowest BCUT2D eigenvalue weighted by Crippen LogP contribution is -2.41. The van der Waals surface area contributed by atoms with Crippen LogP contribution in [0.25, 0.3) is 0 Å². The lowest BCUT2D eigenvalue weighted by molar-refractivity contribution is 0.0864. The third-order valence-corrected chi connectivity index (χ3v) is 2.91. The zero-order valence-corrected chi connectivity index (χ0v) is 11.5. The number of amides is 1. The van der Waals surface area contributed by atoms with Crippen molar-refractivity contribution in [1.29, 1.82) is 0 Å². The first-order valence-corrected chi connectivity index (χ1v) is 6.11. The van der Waals surface area contributed by atoms with E-state index in [2.05, 4.69) is 5.32 Å². The average Bonchev–Trinajstić information content (AvgIpc) is 2.27. The summed E-state index contributed by atoms with van der Waals surface area (Å²) in [4.78, 5) is 12.0. The van der Waals surface area contributed by atoms with Crippen LogP contribution < -0.4 is 5.32 Å². The first-order valence-electron chi connectivity index (χ1n) is 5.74. The van der Waals surface area contributed by atoms with Crippen LogP contribution in [0.4, 0.5) is 0 Å². The zero-order chi connectivity index (χ0) is 13.7.